The molecule has 3 rings (SSSR count). The van der Waals surface area contributed by atoms with Crippen LogP contribution in [0.1, 0.15) is 17.5 Å². The molecule has 0 unspecified atom stereocenters. The van der Waals surface area contributed by atoms with Crippen molar-refractivity contribution in [3.8, 4) is 0 Å². The van der Waals surface area contributed by atoms with E-state index in [0.29, 0.717) is 18.8 Å². The number of carbonyl (C=O) groups excluding carboxylic acids is 1. The number of β-amino-alcohol motifs (C(OH)–C–C–N with tert-alkyl or cyclic N) is 1. The van der Waals surface area contributed by atoms with Crippen molar-refractivity contribution in [2.24, 2.45) is 0 Å². The first kappa shape index (κ1) is 22.1. The highest BCUT2D eigenvalue weighted by Crippen LogP contribution is 2.25. The van der Waals surface area contributed by atoms with E-state index in [0.717, 1.165) is 36.9 Å². The van der Waals surface area contributed by atoms with Crippen LogP contribution in [0.5, 0.6) is 0 Å². The Bertz CT molecular complexity index is 976. The van der Waals surface area contributed by atoms with Gasteiger partial charge in [-0.1, -0.05) is 30.3 Å². The lowest BCUT2D eigenvalue weighted by atomic mass is 10.1. The molecule has 0 aromatic heterocycles. The van der Waals surface area contributed by atoms with Gasteiger partial charge in [0, 0.05) is 38.1 Å². The summed E-state index contributed by atoms with van der Waals surface area (Å²) in [5, 5.41) is 9.83. The Morgan fingerprint density at radius 3 is 2.53 bits per heavy atom. The standard InChI is InChI=1S/C22H29N3O4S/c1-24(22(27)15-17-7-9-19(10-8-17)23-30(2,28)29)13-11-18-5-3-4-6-21(18)25-14-12-20(26)16-25/h3-10,20,23,26H,11-16H2,1-2H3/t20-/m0/s1. The topological polar surface area (TPSA) is 89.9 Å². The summed E-state index contributed by atoms with van der Waals surface area (Å²) in [5.41, 5.74) is 3.61. The van der Waals surface area contributed by atoms with Crippen LogP contribution in [-0.4, -0.2) is 63.4 Å². The molecule has 0 aliphatic carbocycles. The second-order valence-electron chi connectivity index (χ2n) is 7.83. The van der Waals surface area contributed by atoms with Crippen LogP contribution in [-0.2, 0) is 27.7 Å². The molecule has 2 N–H and O–H groups in total. The van der Waals surface area contributed by atoms with E-state index in [1.807, 2.05) is 12.1 Å². The number of hydrogen-bond donors (Lipinski definition) is 2. The van der Waals surface area contributed by atoms with E-state index in [-0.39, 0.29) is 18.4 Å². The quantitative estimate of drug-likeness (QED) is 0.666. The van der Waals surface area contributed by atoms with Gasteiger partial charge in [-0.3, -0.25) is 9.52 Å². The molecular formula is C22H29N3O4S. The Morgan fingerprint density at radius 1 is 1.20 bits per heavy atom. The Kier molecular flexibility index (Phi) is 6.99. The number of sulfonamides is 1. The molecule has 1 aliphatic heterocycles. The summed E-state index contributed by atoms with van der Waals surface area (Å²) in [6.45, 7) is 2.09. The summed E-state index contributed by atoms with van der Waals surface area (Å²) in [5.74, 6) is 0.00731. The molecule has 30 heavy (non-hydrogen) atoms. The molecule has 162 valence electrons. The monoisotopic (exact) mass is 431 g/mol. The third kappa shape index (κ3) is 6.21. The van der Waals surface area contributed by atoms with Gasteiger partial charge >= 0.3 is 0 Å². The average molecular weight is 432 g/mol. The van der Waals surface area contributed by atoms with Gasteiger partial charge in [0.25, 0.3) is 0 Å². The molecule has 1 saturated heterocycles. The van der Waals surface area contributed by atoms with E-state index in [1.165, 1.54) is 5.56 Å². The number of nitrogens with one attached hydrogen (secondary N) is 1. The summed E-state index contributed by atoms with van der Waals surface area (Å²) in [6, 6.07) is 15.0. The Labute approximate surface area is 178 Å². The van der Waals surface area contributed by atoms with Crippen molar-refractivity contribution < 1.29 is 18.3 Å². The van der Waals surface area contributed by atoms with E-state index in [9.17, 15) is 18.3 Å². The number of rotatable bonds is 8. The number of amides is 1. The fraction of sp³-hybridized carbons (Fsp3) is 0.409. The number of anilines is 2. The summed E-state index contributed by atoms with van der Waals surface area (Å²) in [4.78, 5) is 16.5. The first-order valence-electron chi connectivity index (χ1n) is 10.0. The van der Waals surface area contributed by atoms with Gasteiger partial charge in [-0.25, -0.2) is 8.42 Å². The van der Waals surface area contributed by atoms with E-state index in [1.54, 1.807) is 36.2 Å². The molecule has 1 heterocycles. The summed E-state index contributed by atoms with van der Waals surface area (Å²) in [6.07, 6.45) is 2.60. The lowest BCUT2D eigenvalue weighted by Gasteiger charge is -2.23. The highest BCUT2D eigenvalue weighted by molar-refractivity contribution is 7.92. The first-order valence-corrected chi connectivity index (χ1v) is 11.9. The number of carbonyl (C=O) groups is 1. The summed E-state index contributed by atoms with van der Waals surface area (Å²) >= 11 is 0. The Morgan fingerprint density at radius 2 is 1.90 bits per heavy atom. The lowest BCUT2D eigenvalue weighted by molar-refractivity contribution is -0.129. The van der Waals surface area contributed by atoms with Gasteiger partial charge < -0.3 is 14.9 Å². The van der Waals surface area contributed by atoms with Crippen molar-refractivity contribution in [1.82, 2.24) is 4.90 Å². The van der Waals surface area contributed by atoms with Gasteiger partial charge in [-0.15, -0.1) is 0 Å². The summed E-state index contributed by atoms with van der Waals surface area (Å²) < 4.78 is 25.0. The van der Waals surface area contributed by atoms with Crippen molar-refractivity contribution in [2.45, 2.75) is 25.4 Å². The normalized spacial score (nSPS) is 16.5. The molecule has 8 heteroatoms. The second-order valence-corrected chi connectivity index (χ2v) is 9.58. The molecule has 2 aromatic rings. The predicted molar refractivity (Wildman–Crippen MR) is 119 cm³/mol. The van der Waals surface area contributed by atoms with Crippen LogP contribution in [0.2, 0.25) is 0 Å². The van der Waals surface area contributed by atoms with Crippen LogP contribution in [0.4, 0.5) is 11.4 Å². The van der Waals surface area contributed by atoms with E-state index in [2.05, 4.69) is 21.8 Å². The minimum absolute atomic E-state index is 0.00731. The number of para-hydroxylation sites is 1. The predicted octanol–water partition coefficient (Wildman–Crippen LogP) is 1.87. The van der Waals surface area contributed by atoms with Gasteiger partial charge in [0.2, 0.25) is 15.9 Å². The molecule has 2 aromatic carbocycles. The molecule has 0 saturated carbocycles. The van der Waals surface area contributed by atoms with E-state index >= 15 is 0 Å². The van der Waals surface area contributed by atoms with Crippen LogP contribution in [0.3, 0.4) is 0 Å². The van der Waals surface area contributed by atoms with Gasteiger partial charge in [0.05, 0.1) is 18.8 Å². The molecule has 7 nitrogen and oxygen atoms in total. The second kappa shape index (κ2) is 9.49. The minimum atomic E-state index is -3.32. The number of likely N-dealkylation sites (N-methyl/N-ethyl adjacent to an activating group) is 1. The number of aliphatic hydroxyl groups is 1. The highest BCUT2D eigenvalue weighted by atomic mass is 32.2. The SMILES string of the molecule is CN(CCc1ccccc1N1CC[C@H](O)C1)C(=O)Cc1ccc(NS(C)(=O)=O)cc1. The van der Waals surface area contributed by atoms with E-state index in [4.69, 9.17) is 0 Å². The van der Waals surface area contributed by atoms with Crippen LogP contribution in [0.15, 0.2) is 48.5 Å². The molecule has 1 fully saturated rings. The zero-order chi connectivity index (χ0) is 21.7. The number of benzene rings is 2. The van der Waals surface area contributed by atoms with Crippen molar-refractivity contribution in [3.63, 3.8) is 0 Å². The van der Waals surface area contributed by atoms with Crippen LogP contribution in [0.25, 0.3) is 0 Å². The number of hydrogen-bond acceptors (Lipinski definition) is 5. The third-order valence-electron chi connectivity index (χ3n) is 5.25. The van der Waals surface area contributed by atoms with Gasteiger partial charge in [-0.2, -0.15) is 0 Å². The maximum absolute atomic E-state index is 12.6. The van der Waals surface area contributed by atoms with Crippen molar-refractivity contribution in [3.05, 3.63) is 59.7 Å². The summed E-state index contributed by atoms with van der Waals surface area (Å²) in [7, 11) is -1.52. The molecule has 0 spiro atoms. The zero-order valence-corrected chi connectivity index (χ0v) is 18.2. The maximum Gasteiger partial charge on any atom is 0.229 e. The molecule has 1 amide bonds. The van der Waals surface area contributed by atoms with E-state index < -0.39 is 10.0 Å². The van der Waals surface area contributed by atoms with Crippen molar-refractivity contribution in [2.75, 3.05) is 42.6 Å². The average Bonchev–Trinajstić information content (AvgIpc) is 3.13. The fourth-order valence-corrected chi connectivity index (χ4v) is 4.18. The van der Waals surface area contributed by atoms with Crippen LogP contribution >= 0.6 is 0 Å². The number of aliphatic hydroxyl groups excluding tert-OH is 1. The van der Waals surface area contributed by atoms with Crippen molar-refractivity contribution >= 4 is 27.3 Å². The molecule has 1 atom stereocenters. The molecular weight excluding hydrogens is 402 g/mol. The smallest absolute Gasteiger partial charge is 0.229 e. The largest absolute Gasteiger partial charge is 0.391 e. The Hall–Kier alpha value is -2.58. The Balaban J connectivity index is 1.55. The number of nitrogens with zero attached hydrogens (tertiary/aromatic N) is 2. The highest BCUT2D eigenvalue weighted by Gasteiger charge is 2.22. The van der Waals surface area contributed by atoms with Crippen LogP contribution in [0, 0.1) is 0 Å². The zero-order valence-electron chi connectivity index (χ0n) is 17.4. The van der Waals surface area contributed by atoms with Crippen LogP contribution < -0.4 is 9.62 Å². The third-order valence-corrected chi connectivity index (χ3v) is 5.86. The first-order chi connectivity index (χ1) is 14.2. The molecule has 0 radical (unpaired) electrons. The van der Waals surface area contributed by atoms with Gasteiger partial charge in [0.15, 0.2) is 0 Å². The fourth-order valence-electron chi connectivity index (χ4n) is 3.62. The molecule has 0 bridgehead atoms. The maximum atomic E-state index is 12.6. The van der Waals surface area contributed by atoms with Gasteiger partial charge in [0.1, 0.15) is 0 Å². The van der Waals surface area contributed by atoms with Gasteiger partial charge in [-0.05, 0) is 42.2 Å². The van der Waals surface area contributed by atoms with Crippen molar-refractivity contribution in [1.29, 1.82) is 0 Å². The minimum Gasteiger partial charge on any atom is -0.391 e. The lowest BCUT2D eigenvalue weighted by Crippen LogP contribution is -2.30. The molecule has 1 aliphatic rings.